The first-order valence-electron chi connectivity index (χ1n) is 3.80. The van der Waals surface area contributed by atoms with Crippen molar-refractivity contribution >= 4 is 17.1 Å². The predicted octanol–water partition coefficient (Wildman–Crippen LogP) is -1.03. The van der Waals surface area contributed by atoms with E-state index < -0.39 is 0 Å². The number of hydrogen-bond donors (Lipinski definition) is 2. The van der Waals surface area contributed by atoms with Crippen molar-refractivity contribution in [3.63, 3.8) is 0 Å². The van der Waals surface area contributed by atoms with Crippen LogP contribution in [0.2, 0.25) is 0 Å². The number of nitrogens with zero attached hydrogens (tertiary/aromatic N) is 4. The number of aromatic nitrogens is 4. The largest absolute Gasteiger partial charge is 0.473 e. The number of rotatable bonds is 3. The number of fused-ring (bicyclic) bond motifs is 1. The lowest BCUT2D eigenvalue weighted by atomic mass is 10.5. The summed E-state index contributed by atoms with van der Waals surface area (Å²) in [4.78, 5) is 7.54. The van der Waals surface area contributed by atoms with Gasteiger partial charge in [-0.05, 0) is 10.3 Å². The summed E-state index contributed by atoms with van der Waals surface area (Å²) in [5, 5.41) is 15.6. The molecule has 0 saturated carbocycles. The van der Waals surface area contributed by atoms with E-state index in [9.17, 15) is 0 Å². The number of nitrogens with two attached hydrogens (primary N) is 1. The third-order valence-corrected chi connectivity index (χ3v) is 1.44. The number of aliphatic hydroxyl groups excluding tert-OH is 1. The highest BCUT2D eigenvalue weighted by Crippen LogP contribution is 2.19. The summed E-state index contributed by atoms with van der Waals surface area (Å²) in [6.45, 7) is -0.0326. The zero-order chi connectivity index (χ0) is 9.97. The molecule has 2 aromatic heterocycles. The summed E-state index contributed by atoms with van der Waals surface area (Å²) in [6.07, 6.45) is 0. The molecule has 0 spiro atoms. The Hall–Kier alpha value is -1.96. The molecule has 0 unspecified atom stereocenters. The molecule has 0 aliphatic carbocycles. The van der Waals surface area contributed by atoms with Crippen LogP contribution < -0.4 is 10.5 Å². The second kappa shape index (κ2) is 3.42. The molecular weight excluding hydrogens is 190 g/mol. The molecule has 14 heavy (non-hydrogen) atoms. The second-order valence-corrected chi connectivity index (χ2v) is 2.40. The highest BCUT2D eigenvalue weighted by Gasteiger charge is 2.12. The second-order valence-electron chi connectivity index (χ2n) is 2.40. The number of aliphatic hydroxyl groups is 1. The number of hydrogen-bond acceptors (Lipinski definition) is 8. The van der Waals surface area contributed by atoms with Gasteiger partial charge in [0.25, 0.3) is 5.88 Å². The molecule has 0 aromatic carbocycles. The topological polar surface area (TPSA) is 120 Å². The molecule has 0 amide bonds. The first-order chi connectivity index (χ1) is 6.81. The number of ether oxygens (including phenoxy) is 1. The van der Waals surface area contributed by atoms with Crippen molar-refractivity contribution < 1.29 is 14.5 Å². The Morgan fingerprint density at radius 2 is 2.21 bits per heavy atom. The van der Waals surface area contributed by atoms with Crippen LogP contribution in [0.1, 0.15) is 0 Å². The van der Waals surface area contributed by atoms with Crippen molar-refractivity contribution in [2.24, 2.45) is 0 Å². The predicted molar refractivity (Wildman–Crippen MR) is 44.4 cm³/mol. The van der Waals surface area contributed by atoms with Crippen molar-refractivity contribution in [2.45, 2.75) is 0 Å². The van der Waals surface area contributed by atoms with Crippen LogP contribution in [-0.4, -0.2) is 38.6 Å². The van der Waals surface area contributed by atoms with E-state index in [4.69, 9.17) is 15.6 Å². The summed E-state index contributed by atoms with van der Waals surface area (Å²) < 4.78 is 9.50. The molecule has 0 saturated heterocycles. The molecule has 2 heterocycles. The molecule has 8 nitrogen and oxygen atoms in total. The van der Waals surface area contributed by atoms with E-state index in [0.717, 1.165) is 0 Å². The van der Waals surface area contributed by atoms with Gasteiger partial charge in [-0.3, -0.25) is 0 Å². The Morgan fingerprint density at radius 1 is 1.36 bits per heavy atom. The van der Waals surface area contributed by atoms with Crippen LogP contribution in [-0.2, 0) is 0 Å². The first kappa shape index (κ1) is 8.63. The molecule has 3 N–H and O–H groups in total. The summed E-state index contributed by atoms with van der Waals surface area (Å²) in [7, 11) is 0. The fourth-order valence-corrected chi connectivity index (χ4v) is 0.925. The fraction of sp³-hybridized carbons (Fsp3) is 0.333. The minimum atomic E-state index is -0.128. The van der Waals surface area contributed by atoms with Crippen LogP contribution in [0.15, 0.2) is 4.63 Å². The summed E-state index contributed by atoms with van der Waals surface area (Å²) in [5.74, 6) is 0.170. The number of anilines is 1. The molecule has 0 atom stereocenters. The SMILES string of the molecule is Nc1nc(OCCO)c2nonc2n1. The summed E-state index contributed by atoms with van der Waals surface area (Å²) >= 11 is 0. The summed E-state index contributed by atoms with van der Waals surface area (Å²) in [6, 6.07) is 0. The van der Waals surface area contributed by atoms with E-state index in [-0.39, 0.29) is 36.2 Å². The van der Waals surface area contributed by atoms with Crippen molar-refractivity contribution in [1.29, 1.82) is 0 Å². The Kier molecular flexibility index (Phi) is 2.11. The molecule has 0 fully saturated rings. The van der Waals surface area contributed by atoms with E-state index in [0.29, 0.717) is 0 Å². The maximum absolute atomic E-state index is 8.56. The van der Waals surface area contributed by atoms with Gasteiger partial charge in [-0.1, -0.05) is 0 Å². The lowest BCUT2D eigenvalue weighted by molar-refractivity contribution is 0.197. The first-order valence-corrected chi connectivity index (χ1v) is 3.80. The van der Waals surface area contributed by atoms with Crippen molar-refractivity contribution in [3.8, 4) is 5.88 Å². The van der Waals surface area contributed by atoms with Gasteiger partial charge < -0.3 is 15.6 Å². The smallest absolute Gasteiger partial charge is 0.251 e. The minimum Gasteiger partial charge on any atom is -0.473 e. The normalized spacial score (nSPS) is 10.6. The highest BCUT2D eigenvalue weighted by atomic mass is 16.6. The number of nitrogen functional groups attached to an aromatic ring is 1. The lowest BCUT2D eigenvalue weighted by Crippen LogP contribution is -2.05. The van der Waals surface area contributed by atoms with E-state index in [1.165, 1.54) is 0 Å². The molecular formula is C6H7N5O3. The van der Waals surface area contributed by atoms with Gasteiger partial charge in [0.1, 0.15) is 6.61 Å². The van der Waals surface area contributed by atoms with E-state index in [1.54, 1.807) is 0 Å². The lowest BCUT2D eigenvalue weighted by Gasteiger charge is -2.02. The van der Waals surface area contributed by atoms with Crippen LogP contribution in [0, 0.1) is 0 Å². The van der Waals surface area contributed by atoms with Crippen LogP contribution in [0.5, 0.6) is 5.88 Å². The van der Waals surface area contributed by atoms with Crippen LogP contribution >= 0.6 is 0 Å². The van der Waals surface area contributed by atoms with Gasteiger partial charge >= 0.3 is 0 Å². The third kappa shape index (κ3) is 1.42. The fourth-order valence-electron chi connectivity index (χ4n) is 0.925. The molecule has 0 aliphatic heterocycles. The van der Waals surface area contributed by atoms with Gasteiger partial charge in [-0.2, -0.15) is 9.97 Å². The van der Waals surface area contributed by atoms with Crippen LogP contribution in [0.25, 0.3) is 11.2 Å². The standard InChI is InChI=1S/C6H7N5O3/c7-6-8-4-3(10-14-11-4)5(9-6)13-2-1-12/h12H,1-2H2,(H2,7,8,11). The maximum atomic E-state index is 8.56. The molecule has 74 valence electrons. The van der Waals surface area contributed by atoms with Gasteiger partial charge in [0.2, 0.25) is 17.1 Å². The van der Waals surface area contributed by atoms with Gasteiger partial charge in [-0.15, -0.1) is 0 Å². The Balaban J connectivity index is 2.44. The van der Waals surface area contributed by atoms with Gasteiger partial charge in [0, 0.05) is 0 Å². The monoisotopic (exact) mass is 197 g/mol. The molecule has 0 radical (unpaired) electrons. The quantitative estimate of drug-likeness (QED) is 0.640. The van der Waals surface area contributed by atoms with Crippen LogP contribution in [0.3, 0.4) is 0 Å². The van der Waals surface area contributed by atoms with Crippen molar-refractivity contribution in [2.75, 3.05) is 18.9 Å². The maximum Gasteiger partial charge on any atom is 0.251 e. The highest BCUT2D eigenvalue weighted by molar-refractivity contribution is 5.75. The average molecular weight is 197 g/mol. The van der Waals surface area contributed by atoms with Crippen LogP contribution in [0.4, 0.5) is 5.95 Å². The summed E-state index contributed by atoms with van der Waals surface area (Å²) in [5.41, 5.74) is 5.89. The molecule has 2 aromatic rings. The molecule has 0 bridgehead atoms. The van der Waals surface area contributed by atoms with Gasteiger partial charge in [0.05, 0.1) is 6.61 Å². The Bertz CT molecular complexity index is 442. The van der Waals surface area contributed by atoms with E-state index in [2.05, 4.69) is 24.9 Å². The molecule has 2 rings (SSSR count). The Morgan fingerprint density at radius 3 is 3.00 bits per heavy atom. The van der Waals surface area contributed by atoms with Crippen molar-refractivity contribution in [1.82, 2.24) is 20.3 Å². The Labute approximate surface area is 77.7 Å². The molecule has 8 heteroatoms. The van der Waals surface area contributed by atoms with Gasteiger partial charge in [0.15, 0.2) is 0 Å². The zero-order valence-corrected chi connectivity index (χ0v) is 7.04. The van der Waals surface area contributed by atoms with Crippen molar-refractivity contribution in [3.05, 3.63) is 0 Å². The average Bonchev–Trinajstić information content (AvgIpc) is 2.61. The minimum absolute atomic E-state index is 0.0149. The molecule has 0 aliphatic rings. The third-order valence-electron chi connectivity index (χ3n) is 1.44. The van der Waals surface area contributed by atoms with Gasteiger partial charge in [-0.25, -0.2) is 4.63 Å². The zero-order valence-electron chi connectivity index (χ0n) is 7.04. The van der Waals surface area contributed by atoms with E-state index in [1.807, 2.05) is 0 Å². The van der Waals surface area contributed by atoms with E-state index >= 15 is 0 Å².